The normalized spacial score (nSPS) is 28.7. The molecular formula is C26H29N3O2. The van der Waals surface area contributed by atoms with Crippen LogP contribution in [-0.2, 0) is 17.9 Å². The third-order valence-corrected chi connectivity index (χ3v) is 7.59. The molecule has 4 fully saturated rings. The Bertz CT molecular complexity index is 1070. The quantitative estimate of drug-likeness (QED) is 0.635. The number of nitrogens with one attached hydrogen (secondary N) is 1. The molecular weight excluding hydrogens is 386 g/mol. The average molecular weight is 416 g/mol. The van der Waals surface area contributed by atoms with Crippen molar-refractivity contribution in [1.82, 2.24) is 14.9 Å². The van der Waals surface area contributed by atoms with E-state index in [0.717, 1.165) is 40.4 Å². The lowest BCUT2D eigenvalue weighted by atomic mass is 9.53. The van der Waals surface area contributed by atoms with Crippen LogP contribution in [0.5, 0.6) is 5.75 Å². The third kappa shape index (κ3) is 3.60. The molecule has 1 amide bonds. The van der Waals surface area contributed by atoms with Crippen LogP contribution in [-0.4, -0.2) is 21.0 Å². The number of amides is 1. The Morgan fingerprint density at radius 1 is 0.968 bits per heavy atom. The number of hydrogen-bond donors (Lipinski definition) is 1. The first kappa shape index (κ1) is 18.9. The summed E-state index contributed by atoms with van der Waals surface area (Å²) in [5.74, 6) is 4.14. The van der Waals surface area contributed by atoms with E-state index in [1.54, 1.807) is 0 Å². The number of hydrogen-bond acceptors (Lipinski definition) is 3. The van der Waals surface area contributed by atoms with Gasteiger partial charge in [-0.1, -0.05) is 30.3 Å². The van der Waals surface area contributed by atoms with Crippen LogP contribution >= 0.6 is 0 Å². The lowest BCUT2D eigenvalue weighted by Gasteiger charge is -2.56. The Morgan fingerprint density at radius 3 is 2.32 bits per heavy atom. The van der Waals surface area contributed by atoms with Gasteiger partial charge in [0, 0.05) is 5.54 Å². The van der Waals surface area contributed by atoms with Gasteiger partial charge in [-0.2, -0.15) is 0 Å². The van der Waals surface area contributed by atoms with Crippen molar-refractivity contribution in [3.05, 3.63) is 60.4 Å². The number of carbonyl (C=O) groups excluding carboxylic acids is 1. The molecule has 31 heavy (non-hydrogen) atoms. The molecule has 0 spiro atoms. The molecule has 0 saturated heterocycles. The molecule has 4 aliphatic rings. The number of carbonyl (C=O) groups is 1. The predicted molar refractivity (Wildman–Crippen MR) is 120 cm³/mol. The standard InChI is InChI=1S/C26H29N3O2/c30-25(28-26-13-18-10-19(14-26)12-20(11-18)15-26)16-29-23-9-5-4-8-22(23)27-24(29)17-31-21-6-2-1-3-7-21/h1-9,18-20H,10-17H2,(H,28,30). The van der Waals surface area contributed by atoms with E-state index in [2.05, 4.69) is 5.32 Å². The molecule has 4 bridgehead atoms. The molecule has 2 aromatic carbocycles. The molecule has 0 aliphatic heterocycles. The first-order valence-electron chi connectivity index (χ1n) is 11.6. The van der Waals surface area contributed by atoms with Gasteiger partial charge in [-0.05, 0) is 80.5 Å². The van der Waals surface area contributed by atoms with E-state index >= 15 is 0 Å². The minimum atomic E-state index is 0.0307. The summed E-state index contributed by atoms with van der Waals surface area (Å²) in [6.07, 6.45) is 7.63. The van der Waals surface area contributed by atoms with E-state index in [0.29, 0.717) is 6.61 Å². The van der Waals surface area contributed by atoms with Gasteiger partial charge in [-0.15, -0.1) is 0 Å². The lowest BCUT2D eigenvalue weighted by Crippen LogP contribution is -2.60. The van der Waals surface area contributed by atoms with Gasteiger partial charge in [0.15, 0.2) is 0 Å². The fraction of sp³-hybridized carbons (Fsp3) is 0.462. The third-order valence-electron chi connectivity index (χ3n) is 7.59. The Balaban J connectivity index is 1.22. The van der Waals surface area contributed by atoms with Crippen molar-refractivity contribution in [2.24, 2.45) is 17.8 Å². The number of fused-ring (bicyclic) bond motifs is 1. The molecule has 5 heteroatoms. The number of rotatable bonds is 6. The second kappa shape index (κ2) is 7.40. The van der Waals surface area contributed by atoms with Crippen LogP contribution in [0.2, 0.25) is 0 Å². The number of para-hydroxylation sites is 3. The zero-order valence-electron chi connectivity index (χ0n) is 17.8. The van der Waals surface area contributed by atoms with E-state index in [9.17, 15) is 4.79 Å². The van der Waals surface area contributed by atoms with Crippen molar-refractivity contribution in [3.8, 4) is 5.75 Å². The topological polar surface area (TPSA) is 56.2 Å². The van der Waals surface area contributed by atoms with Gasteiger partial charge in [0.05, 0.1) is 11.0 Å². The van der Waals surface area contributed by atoms with Gasteiger partial charge in [0.2, 0.25) is 5.91 Å². The molecule has 7 rings (SSSR count). The van der Waals surface area contributed by atoms with E-state index in [-0.39, 0.29) is 18.0 Å². The number of imidazole rings is 1. The minimum Gasteiger partial charge on any atom is -0.486 e. The summed E-state index contributed by atoms with van der Waals surface area (Å²) in [6, 6.07) is 17.8. The second-order valence-corrected chi connectivity index (χ2v) is 9.95. The molecule has 1 N–H and O–H groups in total. The zero-order valence-corrected chi connectivity index (χ0v) is 17.8. The average Bonchev–Trinajstić information content (AvgIpc) is 3.09. The highest BCUT2D eigenvalue weighted by atomic mass is 16.5. The maximum absolute atomic E-state index is 13.3. The Kier molecular flexibility index (Phi) is 4.51. The second-order valence-electron chi connectivity index (χ2n) is 9.95. The molecule has 160 valence electrons. The van der Waals surface area contributed by atoms with Gasteiger partial charge in [-0.25, -0.2) is 4.98 Å². The molecule has 4 aliphatic carbocycles. The summed E-state index contributed by atoms with van der Waals surface area (Å²) < 4.78 is 7.98. The van der Waals surface area contributed by atoms with E-state index < -0.39 is 0 Å². The minimum absolute atomic E-state index is 0.0307. The molecule has 5 nitrogen and oxygen atoms in total. The zero-order chi connectivity index (χ0) is 20.8. The van der Waals surface area contributed by atoms with Gasteiger partial charge >= 0.3 is 0 Å². The van der Waals surface area contributed by atoms with Crippen LogP contribution in [0.3, 0.4) is 0 Å². The van der Waals surface area contributed by atoms with Gasteiger partial charge in [0.25, 0.3) is 0 Å². The molecule has 1 aromatic heterocycles. The van der Waals surface area contributed by atoms with E-state index in [1.807, 2.05) is 59.2 Å². The van der Waals surface area contributed by atoms with Crippen molar-refractivity contribution >= 4 is 16.9 Å². The predicted octanol–water partition coefficient (Wildman–Crippen LogP) is 4.70. The highest BCUT2D eigenvalue weighted by Gasteiger charge is 2.51. The SMILES string of the molecule is O=C(Cn1c(COc2ccccc2)nc2ccccc21)NC12CC3CC(CC(C3)C1)C2. The number of benzene rings is 2. The van der Waals surface area contributed by atoms with Crippen molar-refractivity contribution in [3.63, 3.8) is 0 Å². The number of aromatic nitrogens is 2. The summed E-state index contributed by atoms with van der Waals surface area (Å²) in [4.78, 5) is 18.0. The summed E-state index contributed by atoms with van der Waals surface area (Å²) in [6.45, 7) is 0.624. The van der Waals surface area contributed by atoms with Crippen molar-refractivity contribution < 1.29 is 9.53 Å². The fourth-order valence-electron chi connectivity index (χ4n) is 6.82. The summed E-state index contributed by atoms with van der Waals surface area (Å²) >= 11 is 0. The van der Waals surface area contributed by atoms with Gasteiger partial charge < -0.3 is 14.6 Å². The highest BCUT2D eigenvalue weighted by molar-refractivity contribution is 5.81. The van der Waals surface area contributed by atoms with Crippen LogP contribution in [0.25, 0.3) is 11.0 Å². The van der Waals surface area contributed by atoms with E-state index in [1.165, 1.54) is 38.5 Å². The van der Waals surface area contributed by atoms with Crippen LogP contribution in [0.1, 0.15) is 44.3 Å². The van der Waals surface area contributed by atoms with Crippen LogP contribution in [0.15, 0.2) is 54.6 Å². The van der Waals surface area contributed by atoms with Crippen LogP contribution in [0, 0.1) is 17.8 Å². The molecule has 0 radical (unpaired) electrons. The first-order valence-corrected chi connectivity index (χ1v) is 11.6. The monoisotopic (exact) mass is 415 g/mol. The maximum atomic E-state index is 13.3. The van der Waals surface area contributed by atoms with Gasteiger partial charge in [0.1, 0.15) is 24.7 Å². The highest BCUT2D eigenvalue weighted by Crippen LogP contribution is 2.55. The van der Waals surface area contributed by atoms with Crippen molar-refractivity contribution in [2.45, 2.75) is 57.2 Å². The lowest BCUT2D eigenvalue weighted by molar-refractivity contribution is -0.127. The number of ether oxygens (including phenoxy) is 1. The number of nitrogens with zero attached hydrogens (tertiary/aromatic N) is 2. The summed E-state index contributed by atoms with van der Waals surface area (Å²) in [5, 5.41) is 3.50. The molecule has 4 saturated carbocycles. The molecule has 0 unspecified atom stereocenters. The summed E-state index contributed by atoms with van der Waals surface area (Å²) in [7, 11) is 0. The Morgan fingerprint density at radius 2 is 1.61 bits per heavy atom. The molecule has 3 aromatic rings. The fourth-order valence-corrected chi connectivity index (χ4v) is 6.82. The largest absolute Gasteiger partial charge is 0.486 e. The molecule has 0 atom stereocenters. The molecule has 1 heterocycles. The summed E-state index contributed by atoms with van der Waals surface area (Å²) in [5.41, 5.74) is 1.91. The van der Waals surface area contributed by atoms with Crippen molar-refractivity contribution in [1.29, 1.82) is 0 Å². The van der Waals surface area contributed by atoms with Crippen molar-refractivity contribution in [2.75, 3.05) is 0 Å². The Labute approximate surface area is 182 Å². The van der Waals surface area contributed by atoms with Crippen LogP contribution in [0.4, 0.5) is 0 Å². The maximum Gasteiger partial charge on any atom is 0.240 e. The smallest absolute Gasteiger partial charge is 0.240 e. The Hall–Kier alpha value is -2.82. The van der Waals surface area contributed by atoms with E-state index in [4.69, 9.17) is 9.72 Å². The first-order chi connectivity index (χ1) is 15.2. The van der Waals surface area contributed by atoms with Gasteiger partial charge in [-0.3, -0.25) is 4.79 Å². The van der Waals surface area contributed by atoms with Crippen LogP contribution < -0.4 is 10.1 Å².